The van der Waals surface area contributed by atoms with E-state index in [4.69, 9.17) is 4.98 Å². The van der Waals surface area contributed by atoms with Gasteiger partial charge >= 0.3 is 0 Å². The highest BCUT2D eigenvalue weighted by Gasteiger charge is 2.22. The van der Waals surface area contributed by atoms with Gasteiger partial charge in [0.1, 0.15) is 0 Å². The molecule has 1 fully saturated rings. The lowest BCUT2D eigenvalue weighted by Crippen LogP contribution is -2.27. The molecule has 0 amide bonds. The molecule has 84 valence electrons. The van der Waals surface area contributed by atoms with Crippen molar-refractivity contribution in [2.45, 2.75) is 51.5 Å². The molecule has 0 bridgehead atoms. The number of hydrogen-bond acceptors (Lipinski definition) is 3. The van der Waals surface area contributed by atoms with Crippen LogP contribution in [0.2, 0.25) is 0 Å². The molecule has 1 aliphatic carbocycles. The molecule has 0 spiro atoms. The monoisotopic (exact) mass is 224 g/mol. The third kappa shape index (κ3) is 2.79. The van der Waals surface area contributed by atoms with E-state index in [0.29, 0.717) is 6.04 Å². The molecule has 0 aliphatic heterocycles. The van der Waals surface area contributed by atoms with Crippen molar-refractivity contribution in [2.24, 2.45) is 0 Å². The summed E-state index contributed by atoms with van der Waals surface area (Å²) in [6, 6.07) is 0.548. The maximum atomic E-state index is 4.73. The van der Waals surface area contributed by atoms with Gasteiger partial charge in [-0.15, -0.1) is 11.3 Å². The predicted molar refractivity (Wildman–Crippen MR) is 65.5 cm³/mol. The van der Waals surface area contributed by atoms with Gasteiger partial charge in [0.15, 0.2) is 0 Å². The van der Waals surface area contributed by atoms with Gasteiger partial charge in [-0.25, -0.2) is 4.98 Å². The molecule has 1 aliphatic rings. The van der Waals surface area contributed by atoms with E-state index >= 15 is 0 Å². The molecule has 3 heteroatoms. The van der Waals surface area contributed by atoms with Gasteiger partial charge < -0.3 is 5.32 Å². The van der Waals surface area contributed by atoms with Crippen molar-refractivity contribution in [3.63, 3.8) is 0 Å². The number of thiazole rings is 1. The Hall–Kier alpha value is -0.410. The zero-order chi connectivity index (χ0) is 10.7. The Morgan fingerprint density at radius 1 is 1.60 bits per heavy atom. The number of nitrogens with zero attached hydrogens (tertiary/aromatic N) is 1. The Morgan fingerprint density at radius 3 is 3.00 bits per heavy atom. The fraction of sp³-hybridized carbons (Fsp3) is 0.750. The first-order valence-electron chi connectivity index (χ1n) is 5.97. The first-order chi connectivity index (χ1) is 7.29. The largest absolute Gasteiger partial charge is 0.314 e. The summed E-state index contributed by atoms with van der Waals surface area (Å²) in [7, 11) is 0. The summed E-state index contributed by atoms with van der Waals surface area (Å²) < 4.78 is 0. The summed E-state index contributed by atoms with van der Waals surface area (Å²) in [6.07, 6.45) is 5.18. The van der Waals surface area contributed by atoms with E-state index in [9.17, 15) is 0 Å². The summed E-state index contributed by atoms with van der Waals surface area (Å²) >= 11 is 1.85. The van der Waals surface area contributed by atoms with E-state index < -0.39 is 0 Å². The molecule has 1 unspecified atom stereocenters. The highest BCUT2D eigenvalue weighted by atomic mass is 32.1. The summed E-state index contributed by atoms with van der Waals surface area (Å²) in [5.74, 6) is 0.790. The fourth-order valence-electron chi connectivity index (χ4n) is 1.99. The molecule has 0 aromatic carbocycles. The van der Waals surface area contributed by atoms with Gasteiger partial charge in [-0.05, 0) is 26.3 Å². The topological polar surface area (TPSA) is 24.9 Å². The second kappa shape index (κ2) is 5.08. The molecule has 2 nitrogen and oxygen atoms in total. The van der Waals surface area contributed by atoms with E-state index in [0.717, 1.165) is 18.9 Å². The van der Waals surface area contributed by atoms with Crippen LogP contribution < -0.4 is 5.32 Å². The van der Waals surface area contributed by atoms with Crippen molar-refractivity contribution < 1.29 is 0 Å². The molecule has 15 heavy (non-hydrogen) atoms. The van der Waals surface area contributed by atoms with Crippen molar-refractivity contribution >= 4 is 11.3 Å². The number of rotatable bonds is 5. The minimum Gasteiger partial charge on any atom is -0.314 e. The average molecular weight is 224 g/mol. The molecular formula is C12H20N2S. The zero-order valence-corrected chi connectivity index (χ0v) is 10.4. The average Bonchev–Trinajstić information content (AvgIpc) is 2.50. The van der Waals surface area contributed by atoms with Crippen molar-refractivity contribution in [1.82, 2.24) is 10.3 Å². The molecule has 2 rings (SSSR count). The first kappa shape index (κ1) is 11.1. The van der Waals surface area contributed by atoms with Crippen LogP contribution in [0.4, 0.5) is 0 Å². The van der Waals surface area contributed by atoms with Crippen molar-refractivity contribution in [1.29, 1.82) is 0 Å². The van der Waals surface area contributed by atoms with Gasteiger partial charge in [-0.1, -0.05) is 13.3 Å². The summed E-state index contributed by atoms with van der Waals surface area (Å²) in [5, 5.41) is 7.04. The van der Waals surface area contributed by atoms with Gasteiger partial charge in [-0.3, -0.25) is 0 Å². The van der Waals surface area contributed by atoms with Crippen LogP contribution in [0.3, 0.4) is 0 Å². The van der Waals surface area contributed by atoms with Crippen LogP contribution in [0.5, 0.6) is 0 Å². The van der Waals surface area contributed by atoms with Crippen LogP contribution in [0.1, 0.15) is 49.7 Å². The highest BCUT2D eigenvalue weighted by Crippen LogP contribution is 2.37. The number of likely N-dealkylation sites (N-methyl/N-ethyl adjacent to an activating group) is 1. The zero-order valence-electron chi connectivity index (χ0n) is 9.62. The summed E-state index contributed by atoms with van der Waals surface area (Å²) in [5.41, 5.74) is 1.27. The van der Waals surface area contributed by atoms with Gasteiger partial charge in [0.25, 0.3) is 0 Å². The molecular weight excluding hydrogens is 204 g/mol. The Morgan fingerprint density at radius 2 is 2.40 bits per heavy atom. The predicted octanol–water partition coefficient (Wildman–Crippen LogP) is 2.95. The second-order valence-electron chi connectivity index (χ2n) is 4.47. The quantitative estimate of drug-likeness (QED) is 0.832. The lowest BCUT2D eigenvalue weighted by atomic mass is 9.86. The summed E-state index contributed by atoms with van der Waals surface area (Å²) in [6.45, 7) is 5.42. The number of nitrogens with one attached hydrogen (secondary N) is 1. The van der Waals surface area contributed by atoms with E-state index in [1.165, 1.54) is 30.0 Å². The Balaban J connectivity index is 1.88. The minimum absolute atomic E-state index is 0.548. The van der Waals surface area contributed by atoms with Crippen LogP contribution in [0, 0.1) is 0 Å². The second-order valence-corrected chi connectivity index (χ2v) is 5.36. The van der Waals surface area contributed by atoms with Gasteiger partial charge in [-0.2, -0.15) is 0 Å². The van der Waals surface area contributed by atoms with Crippen LogP contribution in [0.15, 0.2) is 5.38 Å². The van der Waals surface area contributed by atoms with Crippen LogP contribution >= 0.6 is 11.3 Å². The maximum Gasteiger partial charge on any atom is 0.0959 e. The molecule has 1 N–H and O–H groups in total. The lowest BCUT2D eigenvalue weighted by Gasteiger charge is -2.22. The highest BCUT2D eigenvalue weighted by molar-refractivity contribution is 7.09. The van der Waals surface area contributed by atoms with Crippen molar-refractivity contribution in [3.8, 4) is 0 Å². The van der Waals surface area contributed by atoms with E-state index in [1.54, 1.807) is 0 Å². The van der Waals surface area contributed by atoms with Gasteiger partial charge in [0, 0.05) is 23.8 Å². The van der Waals surface area contributed by atoms with E-state index in [-0.39, 0.29) is 0 Å². The molecule has 0 radical (unpaired) electrons. The normalized spacial score (nSPS) is 18.8. The molecule has 1 aromatic rings. The molecule has 1 aromatic heterocycles. The van der Waals surface area contributed by atoms with Crippen LogP contribution in [0.25, 0.3) is 0 Å². The molecule has 1 heterocycles. The number of hydrogen-bond donors (Lipinski definition) is 1. The smallest absolute Gasteiger partial charge is 0.0959 e. The van der Waals surface area contributed by atoms with Gasteiger partial charge in [0.05, 0.1) is 10.7 Å². The van der Waals surface area contributed by atoms with Gasteiger partial charge in [0.2, 0.25) is 0 Å². The third-order valence-electron chi connectivity index (χ3n) is 3.09. The Kier molecular flexibility index (Phi) is 3.76. The SMILES string of the molecule is CCNC(C)Cc1csc(C2CCC2)n1. The van der Waals surface area contributed by atoms with Crippen LogP contribution in [-0.4, -0.2) is 17.6 Å². The summed E-state index contributed by atoms with van der Waals surface area (Å²) in [4.78, 5) is 4.73. The van der Waals surface area contributed by atoms with Crippen molar-refractivity contribution in [3.05, 3.63) is 16.1 Å². The first-order valence-corrected chi connectivity index (χ1v) is 6.85. The molecule has 1 saturated carbocycles. The third-order valence-corrected chi connectivity index (χ3v) is 4.15. The Bertz CT molecular complexity index is 304. The van der Waals surface area contributed by atoms with Crippen molar-refractivity contribution in [2.75, 3.05) is 6.54 Å². The van der Waals surface area contributed by atoms with Crippen LogP contribution in [-0.2, 0) is 6.42 Å². The number of aromatic nitrogens is 1. The molecule has 0 saturated heterocycles. The Labute approximate surface area is 96.1 Å². The fourth-order valence-corrected chi connectivity index (χ4v) is 3.00. The molecule has 1 atom stereocenters. The standard InChI is InChI=1S/C12H20N2S/c1-3-13-9(2)7-11-8-15-12(14-11)10-5-4-6-10/h8-10,13H,3-7H2,1-2H3. The van der Waals surface area contributed by atoms with E-state index in [1.807, 2.05) is 11.3 Å². The minimum atomic E-state index is 0.548. The lowest BCUT2D eigenvalue weighted by molar-refractivity contribution is 0.417. The van der Waals surface area contributed by atoms with E-state index in [2.05, 4.69) is 24.5 Å². The maximum absolute atomic E-state index is 4.73.